The standard InChI is InChI=1S/C9H16O4/c1-3-8(10)4-5-9(11)13-7-6-12-2/h3-7H2,1-2H3. The Labute approximate surface area is 78.2 Å². The first kappa shape index (κ1) is 12.1. The predicted octanol–water partition coefficient (Wildman–Crippen LogP) is 0.935. The van der Waals surface area contributed by atoms with Crippen LogP contribution < -0.4 is 0 Å². The molecule has 0 rings (SSSR count). The first-order chi connectivity index (χ1) is 6.20. The molecule has 0 N–H and O–H groups in total. The molecule has 4 heteroatoms. The molecule has 13 heavy (non-hydrogen) atoms. The van der Waals surface area contributed by atoms with Gasteiger partial charge in [0.25, 0.3) is 0 Å². The van der Waals surface area contributed by atoms with Crippen molar-refractivity contribution < 1.29 is 19.1 Å². The van der Waals surface area contributed by atoms with Gasteiger partial charge in [0.2, 0.25) is 0 Å². The van der Waals surface area contributed by atoms with Gasteiger partial charge in [-0.3, -0.25) is 9.59 Å². The second-order valence-corrected chi connectivity index (χ2v) is 2.61. The van der Waals surface area contributed by atoms with Crippen LogP contribution in [-0.4, -0.2) is 32.1 Å². The Morgan fingerprint density at radius 3 is 2.38 bits per heavy atom. The number of rotatable bonds is 7. The maximum absolute atomic E-state index is 10.9. The number of hydrogen-bond donors (Lipinski definition) is 0. The summed E-state index contributed by atoms with van der Waals surface area (Å²) in [7, 11) is 1.54. The van der Waals surface area contributed by atoms with E-state index in [0.29, 0.717) is 13.0 Å². The van der Waals surface area contributed by atoms with Gasteiger partial charge < -0.3 is 9.47 Å². The average molecular weight is 188 g/mol. The first-order valence-corrected chi connectivity index (χ1v) is 4.37. The van der Waals surface area contributed by atoms with Crippen molar-refractivity contribution in [3.05, 3.63) is 0 Å². The summed E-state index contributed by atoms with van der Waals surface area (Å²) in [5.41, 5.74) is 0. The van der Waals surface area contributed by atoms with Crippen LogP contribution in [-0.2, 0) is 19.1 Å². The molecule has 0 aromatic heterocycles. The molecule has 0 bridgehead atoms. The van der Waals surface area contributed by atoms with Gasteiger partial charge in [0.1, 0.15) is 12.4 Å². The van der Waals surface area contributed by atoms with Gasteiger partial charge in [-0.1, -0.05) is 6.92 Å². The maximum Gasteiger partial charge on any atom is 0.306 e. The van der Waals surface area contributed by atoms with E-state index >= 15 is 0 Å². The minimum Gasteiger partial charge on any atom is -0.463 e. The van der Waals surface area contributed by atoms with Crippen LogP contribution in [0.5, 0.6) is 0 Å². The lowest BCUT2D eigenvalue weighted by Gasteiger charge is -2.02. The number of ether oxygens (including phenoxy) is 2. The van der Waals surface area contributed by atoms with E-state index in [1.807, 2.05) is 0 Å². The molecule has 0 spiro atoms. The van der Waals surface area contributed by atoms with Crippen molar-refractivity contribution in [3.63, 3.8) is 0 Å². The zero-order chi connectivity index (χ0) is 10.1. The summed E-state index contributed by atoms with van der Waals surface area (Å²) in [6, 6.07) is 0. The minimum atomic E-state index is -0.334. The summed E-state index contributed by atoms with van der Waals surface area (Å²) in [4.78, 5) is 21.7. The van der Waals surface area contributed by atoms with E-state index in [1.165, 1.54) is 7.11 Å². The molecule has 0 amide bonds. The number of hydrogen-bond acceptors (Lipinski definition) is 4. The lowest BCUT2D eigenvalue weighted by Crippen LogP contribution is -2.11. The molecule has 0 saturated carbocycles. The number of carbonyl (C=O) groups is 2. The Balaban J connectivity index is 3.35. The minimum absolute atomic E-state index is 0.0868. The second kappa shape index (κ2) is 7.73. The van der Waals surface area contributed by atoms with Crippen molar-refractivity contribution in [1.29, 1.82) is 0 Å². The van der Waals surface area contributed by atoms with Gasteiger partial charge in [0.05, 0.1) is 13.0 Å². The van der Waals surface area contributed by atoms with Gasteiger partial charge in [0.15, 0.2) is 0 Å². The number of carbonyl (C=O) groups excluding carboxylic acids is 2. The molecule has 0 saturated heterocycles. The van der Waals surface area contributed by atoms with Gasteiger partial charge in [0, 0.05) is 20.0 Å². The smallest absolute Gasteiger partial charge is 0.306 e. The van der Waals surface area contributed by atoms with E-state index in [4.69, 9.17) is 9.47 Å². The number of methoxy groups -OCH3 is 1. The van der Waals surface area contributed by atoms with Gasteiger partial charge in [-0.25, -0.2) is 0 Å². The van der Waals surface area contributed by atoms with E-state index < -0.39 is 0 Å². The summed E-state index contributed by atoms with van der Waals surface area (Å²) in [6.45, 7) is 2.43. The van der Waals surface area contributed by atoms with E-state index in [0.717, 1.165) is 0 Å². The van der Waals surface area contributed by atoms with Crippen LogP contribution in [0.15, 0.2) is 0 Å². The highest BCUT2D eigenvalue weighted by atomic mass is 16.6. The van der Waals surface area contributed by atoms with Crippen LogP contribution in [0.25, 0.3) is 0 Å². The van der Waals surface area contributed by atoms with E-state index in [2.05, 4.69) is 0 Å². The predicted molar refractivity (Wildman–Crippen MR) is 47.4 cm³/mol. The fraction of sp³-hybridized carbons (Fsp3) is 0.778. The fourth-order valence-corrected chi connectivity index (χ4v) is 0.729. The van der Waals surface area contributed by atoms with E-state index in [9.17, 15) is 9.59 Å². The van der Waals surface area contributed by atoms with Gasteiger partial charge in [-0.15, -0.1) is 0 Å². The molecular formula is C9H16O4. The van der Waals surface area contributed by atoms with Gasteiger partial charge in [-0.2, -0.15) is 0 Å². The number of Topliss-reactive ketones (excluding diaryl/α,β-unsaturated/α-hetero) is 1. The average Bonchev–Trinajstić information content (AvgIpc) is 2.14. The zero-order valence-corrected chi connectivity index (χ0v) is 8.17. The van der Waals surface area contributed by atoms with Gasteiger partial charge in [-0.05, 0) is 0 Å². The topological polar surface area (TPSA) is 52.6 Å². The third-order valence-electron chi connectivity index (χ3n) is 1.55. The molecule has 0 radical (unpaired) electrons. The highest BCUT2D eigenvalue weighted by Gasteiger charge is 2.05. The molecule has 0 aliphatic rings. The third kappa shape index (κ3) is 7.46. The Kier molecular flexibility index (Phi) is 7.20. The Morgan fingerprint density at radius 1 is 1.15 bits per heavy atom. The Morgan fingerprint density at radius 2 is 1.85 bits per heavy atom. The van der Waals surface area contributed by atoms with Gasteiger partial charge >= 0.3 is 5.97 Å². The number of esters is 1. The Hall–Kier alpha value is -0.900. The normalized spacial score (nSPS) is 9.69. The molecule has 4 nitrogen and oxygen atoms in total. The van der Waals surface area contributed by atoms with Crippen LogP contribution in [0.2, 0.25) is 0 Å². The summed E-state index contributed by atoms with van der Waals surface area (Å²) in [5, 5.41) is 0. The van der Waals surface area contributed by atoms with Crippen molar-refractivity contribution >= 4 is 11.8 Å². The molecule has 0 aliphatic heterocycles. The Bertz CT molecular complexity index is 165. The largest absolute Gasteiger partial charge is 0.463 e. The monoisotopic (exact) mass is 188 g/mol. The summed E-state index contributed by atoms with van der Waals surface area (Å²) in [5.74, 6) is -0.248. The molecule has 0 heterocycles. The molecule has 0 atom stereocenters. The summed E-state index contributed by atoms with van der Waals surface area (Å²) in [6.07, 6.45) is 0.935. The molecule has 0 aromatic rings. The van der Waals surface area contributed by atoms with Crippen molar-refractivity contribution in [1.82, 2.24) is 0 Å². The molecule has 0 aliphatic carbocycles. The van der Waals surface area contributed by atoms with Crippen molar-refractivity contribution in [2.24, 2.45) is 0 Å². The lowest BCUT2D eigenvalue weighted by atomic mass is 10.2. The van der Waals surface area contributed by atoms with Crippen LogP contribution >= 0.6 is 0 Å². The van der Waals surface area contributed by atoms with Crippen molar-refractivity contribution in [3.8, 4) is 0 Å². The third-order valence-corrected chi connectivity index (χ3v) is 1.55. The molecule has 0 aromatic carbocycles. The van der Waals surface area contributed by atoms with Crippen molar-refractivity contribution in [2.75, 3.05) is 20.3 Å². The van der Waals surface area contributed by atoms with Crippen LogP contribution in [0.4, 0.5) is 0 Å². The maximum atomic E-state index is 10.9. The van der Waals surface area contributed by atoms with Crippen molar-refractivity contribution in [2.45, 2.75) is 26.2 Å². The number of ketones is 1. The molecule has 76 valence electrons. The first-order valence-electron chi connectivity index (χ1n) is 4.37. The SMILES string of the molecule is CCC(=O)CCC(=O)OCCOC. The zero-order valence-electron chi connectivity index (χ0n) is 8.17. The highest BCUT2D eigenvalue weighted by Crippen LogP contribution is 1.96. The second-order valence-electron chi connectivity index (χ2n) is 2.61. The molecular weight excluding hydrogens is 172 g/mol. The quantitative estimate of drug-likeness (QED) is 0.440. The summed E-state index contributed by atoms with van der Waals surface area (Å²) >= 11 is 0. The highest BCUT2D eigenvalue weighted by molar-refractivity contribution is 5.82. The van der Waals surface area contributed by atoms with E-state index in [1.54, 1.807) is 6.92 Å². The van der Waals surface area contributed by atoms with E-state index in [-0.39, 0.29) is 31.2 Å². The van der Waals surface area contributed by atoms with Crippen LogP contribution in [0.3, 0.4) is 0 Å². The molecule has 0 fully saturated rings. The van der Waals surface area contributed by atoms with Crippen LogP contribution in [0, 0.1) is 0 Å². The molecule has 0 unspecified atom stereocenters. The van der Waals surface area contributed by atoms with Crippen LogP contribution in [0.1, 0.15) is 26.2 Å². The lowest BCUT2D eigenvalue weighted by molar-refractivity contribution is -0.146. The summed E-state index contributed by atoms with van der Waals surface area (Å²) < 4.78 is 9.46. The fourth-order valence-electron chi connectivity index (χ4n) is 0.729.